The molecule has 1 aliphatic rings. The van der Waals surface area contributed by atoms with Crippen molar-refractivity contribution in [3.63, 3.8) is 0 Å². The van der Waals surface area contributed by atoms with Crippen LogP contribution in [0.4, 0.5) is 4.39 Å². The molecule has 1 unspecified atom stereocenters. The Balaban J connectivity index is 0.00000225. The zero-order chi connectivity index (χ0) is 16.6. The van der Waals surface area contributed by atoms with Gasteiger partial charge >= 0.3 is 0 Å². The number of ether oxygens (including phenoxy) is 2. The third-order valence-electron chi connectivity index (χ3n) is 4.28. The molecular formula is C20H25ClFNO2. The van der Waals surface area contributed by atoms with Crippen molar-refractivity contribution >= 4 is 12.4 Å². The van der Waals surface area contributed by atoms with E-state index in [2.05, 4.69) is 17.0 Å². The lowest BCUT2D eigenvalue weighted by Crippen LogP contribution is -2.37. The predicted octanol–water partition coefficient (Wildman–Crippen LogP) is 4.08. The average molecular weight is 366 g/mol. The van der Waals surface area contributed by atoms with Crippen LogP contribution in [0.25, 0.3) is 0 Å². The molecule has 3 rings (SSSR count). The van der Waals surface area contributed by atoms with Gasteiger partial charge in [-0.1, -0.05) is 42.5 Å². The number of halogens is 2. The highest BCUT2D eigenvalue weighted by molar-refractivity contribution is 5.85. The molecule has 0 bridgehead atoms. The summed E-state index contributed by atoms with van der Waals surface area (Å²) in [4.78, 5) is 2.41. The highest BCUT2D eigenvalue weighted by Gasteiger charge is 2.15. The van der Waals surface area contributed by atoms with Crippen LogP contribution < -0.4 is 0 Å². The van der Waals surface area contributed by atoms with E-state index in [-0.39, 0.29) is 24.3 Å². The fourth-order valence-electron chi connectivity index (χ4n) is 2.96. The first-order valence-corrected chi connectivity index (χ1v) is 8.55. The summed E-state index contributed by atoms with van der Waals surface area (Å²) in [5.41, 5.74) is 2.07. The smallest absolute Gasteiger partial charge is 0.123 e. The van der Waals surface area contributed by atoms with Crippen molar-refractivity contribution in [1.82, 2.24) is 4.90 Å². The van der Waals surface area contributed by atoms with E-state index >= 15 is 0 Å². The van der Waals surface area contributed by atoms with Gasteiger partial charge in [-0.2, -0.15) is 0 Å². The second-order valence-corrected chi connectivity index (χ2v) is 6.02. The molecule has 136 valence electrons. The van der Waals surface area contributed by atoms with Gasteiger partial charge in [0.15, 0.2) is 0 Å². The van der Waals surface area contributed by atoms with Crippen LogP contribution in [0.3, 0.4) is 0 Å². The van der Waals surface area contributed by atoms with Crippen molar-refractivity contribution in [1.29, 1.82) is 0 Å². The highest BCUT2D eigenvalue weighted by atomic mass is 35.5. The number of morpholine rings is 1. The highest BCUT2D eigenvalue weighted by Crippen LogP contribution is 2.26. The van der Waals surface area contributed by atoms with Crippen LogP contribution in [0.2, 0.25) is 0 Å². The lowest BCUT2D eigenvalue weighted by atomic mass is 10.0. The third kappa shape index (κ3) is 6.08. The van der Waals surface area contributed by atoms with E-state index in [0.717, 1.165) is 50.4 Å². The number of nitrogens with zero attached hydrogens (tertiary/aromatic N) is 1. The van der Waals surface area contributed by atoms with E-state index < -0.39 is 0 Å². The zero-order valence-corrected chi connectivity index (χ0v) is 15.1. The quantitative estimate of drug-likeness (QED) is 0.690. The number of hydrogen-bond donors (Lipinski definition) is 0. The zero-order valence-electron chi connectivity index (χ0n) is 14.3. The first-order valence-electron chi connectivity index (χ1n) is 8.55. The van der Waals surface area contributed by atoms with Gasteiger partial charge in [-0.15, -0.1) is 12.4 Å². The van der Waals surface area contributed by atoms with Crippen LogP contribution in [-0.2, 0) is 9.47 Å². The molecular weight excluding hydrogens is 341 g/mol. The maximum absolute atomic E-state index is 13.2. The Morgan fingerprint density at radius 2 is 1.60 bits per heavy atom. The van der Waals surface area contributed by atoms with Crippen molar-refractivity contribution in [2.75, 3.05) is 39.5 Å². The summed E-state index contributed by atoms with van der Waals surface area (Å²) in [6.45, 7) is 5.34. The Kier molecular flexibility index (Phi) is 8.35. The van der Waals surface area contributed by atoms with E-state index in [1.54, 1.807) is 12.1 Å². The minimum atomic E-state index is -0.224. The van der Waals surface area contributed by atoms with E-state index in [4.69, 9.17) is 9.47 Å². The molecule has 1 fully saturated rings. The standard InChI is InChI=1S/C20H24FNO2.ClH/c21-19-9-7-18(8-10-19)20(17-5-2-1-3-6-17)24-14-4-11-22-12-15-23-16-13-22;/h1-3,5-10,20H,4,11-16H2;1H. The topological polar surface area (TPSA) is 21.7 Å². The largest absolute Gasteiger partial charge is 0.379 e. The van der Waals surface area contributed by atoms with E-state index in [1.807, 2.05) is 18.2 Å². The van der Waals surface area contributed by atoms with Gasteiger partial charge in [0.25, 0.3) is 0 Å². The van der Waals surface area contributed by atoms with Gasteiger partial charge < -0.3 is 9.47 Å². The maximum Gasteiger partial charge on any atom is 0.123 e. The number of benzene rings is 2. The van der Waals surface area contributed by atoms with Crippen LogP contribution in [0, 0.1) is 5.82 Å². The molecule has 5 heteroatoms. The Morgan fingerprint density at radius 1 is 0.960 bits per heavy atom. The molecule has 0 amide bonds. The molecule has 1 aliphatic heterocycles. The first kappa shape index (κ1) is 19.9. The van der Waals surface area contributed by atoms with Crippen LogP contribution in [0.5, 0.6) is 0 Å². The van der Waals surface area contributed by atoms with E-state index in [9.17, 15) is 4.39 Å². The van der Waals surface area contributed by atoms with Gasteiger partial charge in [0.05, 0.1) is 13.2 Å². The minimum Gasteiger partial charge on any atom is -0.379 e. The van der Waals surface area contributed by atoms with Gasteiger partial charge in [-0.05, 0) is 29.7 Å². The summed E-state index contributed by atoms with van der Waals surface area (Å²) in [5.74, 6) is -0.224. The van der Waals surface area contributed by atoms with Crippen molar-refractivity contribution < 1.29 is 13.9 Å². The molecule has 1 atom stereocenters. The fourth-order valence-corrected chi connectivity index (χ4v) is 2.96. The van der Waals surface area contributed by atoms with Crippen LogP contribution >= 0.6 is 12.4 Å². The third-order valence-corrected chi connectivity index (χ3v) is 4.28. The average Bonchev–Trinajstić information content (AvgIpc) is 2.64. The summed E-state index contributed by atoms with van der Waals surface area (Å²) in [6.07, 6.45) is 0.821. The molecule has 0 aromatic heterocycles. The first-order chi connectivity index (χ1) is 11.8. The summed E-state index contributed by atoms with van der Waals surface area (Å²) < 4.78 is 24.7. The Bertz CT molecular complexity index is 603. The van der Waals surface area contributed by atoms with E-state index in [1.165, 1.54) is 12.1 Å². The Morgan fingerprint density at radius 3 is 2.28 bits per heavy atom. The number of rotatable bonds is 7. The molecule has 2 aromatic carbocycles. The van der Waals surface area contributed by atoms with Crippen LogP contribution in [0.15, 0.2) is 54.6 Å². The molecule has 0 saturated carbocycles. The van der Waals surface area contributed by atoms with Gasteiger partial charge in [0.1, 0.15) is 11.9 Å². The molecule has 1 heterocycles. The van der Waals surface area contributed by atoms with Crippen molar-refractivity contribution in [3.8, 4) is 0 Å². The van der Waals surface area contributed by atoms with Gasteiger partial charge in [0, 0.05) is 26.2 Å². The monoisotopic (exact) mass is 365 g/mol. The maximum atomic E-state index is 13.2. The second kappa shape index (κ2) is 10.5. The molecule has 0 radical (unpaired) electrons. The Hall–Kier alpha value is -1.46. The molecule has 1 saturated heterocycles. The SMILES string of the molecule is Cl.Fc1ccc(C(OCCCN2CCOCC2)c2ccccc2)cc1. The van der Waals surface area contributed by atoms with Gasteiger partial charge in [-0.25, -0.2) is 4.39 Å². The van der Waals surface area contributed by atoms with Crippen molar-refractivity contribution in [2.45, 2.75) is 12.5 Å². The van der Waals surface area contributed by atoms with Gasteiger partial charge in [-0.3, -0.25) is 4.90 Å². The summed E-state index contributed by atoms with van der Waals surface area (Å²) in [6, 6.07) is 16.7. The lowest BCUT2D eigenvalue weighted by molar-refractivity contribution is 0.0267. The van der Waals surface area contributed by atoms with Crippen LogP contribution in [-0.4, -0.2) is 44.4 Å². The molecule has 2 aromatic rings. The molecule has 25 heavy (non-hydrogen) atoms. The molecule has 0 aliphatic carbocycles. The summed E-state index contributed by atoms with van der Waals surface area (Å²) in [7, 11) is 0. The Labute approximate surface area is 155 Å². The number of hydrogen-bond acceptors (Lipinski definition) is 3. The van der Waals surface area contributed by atoms with Crippen molar-refractivity contribution in [2.24, 2.45) is 0 Å². The van der Waals surface area contributed by atoms with Crippen LogP contribution in [0.1, 0.15) is 23.7 Å². The van der Waals surface area contributed by atoms with Gasteiger partial charge in [0.2, 0.25) is 0 Å². The normalized spacial score (nSPS) is 16.2. The lowest BCUT2D eigenvalue weighted by Gasteiger charge is -2.27. The second-order valence-electron chi connectivity index (χ2n) is 6.02. The van der Waals surface area contributed by atoms with E-state index in [0.29, 0.717) is 6.61 Å². The molecule has 0 N–H and O–H groups in total. The van der Waals surface area contributed by atoms with Crippen molar-refractivity contribution in [3.05, 3.63) is 71.5 Å². The predicted molar refractivity (Wildman–Crippen MR) is 99.8 cm³/mol. The molecule has 0 spiro atoms. The summed E-state index contributed by atoms with van der Waals surface area (Å²) >= 11 is 0. The molecule has 3 nitrogen and oxygen atoms in total. The summed E-state index contributed by atoms with van der Waals surface area (Å²) in [5, 5.41) is 0. The fraction of sp³-hybridized carbons (Fsp3) is 0.400. The minimum absolute atomic E-state index is 0.